The minimum atomic E-state index is -0.941. The molecule has 0 spiro atoms. The van der Waals surface area contributed by atoms with Gasteiger partial charge in [-0.05, 0) is 42.8 Å². The molecule has 0 aliphatic carbocycles. The van der Waals surface area contributed by atoms with Crippen LogP contribution in [0.3, 0.4) is 0 Å². The van der Waals surface area contributed by atoms with Crippen LogP contribution in [0.2, 0.25) is 0 Å². The van der Waals surface area contributed by atoms with Gasteiger partial charge in [-0.1, -0.05) is 0 Å². The van der Waals surface area contributed by atoms with Crippen LogP contribution in [0.25, 0.3) is 0 Å². The lowest BCUT2D eigenvalue weighted by Gasteiger charge is -2.07. The summed E-state index contributed by atoms with van der Waals surface area (Å²) in [6.07, 6.45) is 0. The number of carboxylic acids is 1. The molecule has 0 fully saturated rings. The first-order chi connectivity index (χ1) is 8.56. The molecule has 2 aromatic rings. The van der Waals surface area contributed by atoms with Gasteiger partial charge < -0.3 is 9.84 Å². The average Bonchev–Trinajstić information content (AvgIpc) is 2.76. The molecule has 0 bridgehead atoms. The Kier molecular flexibility index (Phi) is 3.62. The largest absolute Gasteiger partial charge is 0.488 e. The maximum atomic E-state index is 12.9. The zero-order valence-corrected chi connectivity index (χ0v) is 10.5. The highest BCUT2D eigenvalue weighted by atomic mass is 32.1. The molecule has 0 amide bonds. The van der Waals surface area contributed by atoms with E-state index in [0.717, 1.165) is 4.88 Å². The molecule has 1 N–H and O–H groups in total. The van der Waals surface area contributed by atoms with Crippen molar-refractivity contribution in [3.8, 4) is 5.75 Å². The fraction of sp³-hybridized carbons (Fsp3) is 0.154. The summed E-state index contributed by atoms with van der Waals surface area (Å²) < 4.78 is 18.4. The Bertz CT molecular complexity index is 577. The number of aryl methyl sites for hydroxylation is 1. The predicted octanol–water partition coefficient (Wildman–Crippen LogP) is 3.47. The van der Waals surface area contributed by atoms with E-state index in [9.17, 15) is 9.18 Å². The standard InChI is InChI=1S/C13H11FO3S/c1-8-6-9(14)2-4-11(8)17-7-10-3-5-12(18-10)13(15)16/h2-6H,7H2,1H3,(H,15,16). The van der Waals surface area contributed by atoms with Gasteiger partial charge in [-0.25, -0.2) is 9.18 Å². The SMILES string of the molecule is Cc1cc(F)ccc1OCc1ccc(C(=O)O)s1. The molecule has 1 heterocycles. The topological polar surface area (TPSA) is 46.5 Å². The van der Waals surface area contributed by atoms with Crippen LogP contribution in [0.4, 0.5) is 4.39 Å². The maximum absolute atomic E-state index is 12.9. The lowest BCUT2D eigenvalue weighted by atomic mass is 10.2. The molecular formula is C13H11FO3S. The molecule has 0 saturated heterocycles. The normalized spacial score (nSPS) is 10.3. The van der Waals surface area contributed by atoms with Gasteiger partial charge in [0.2, 0.25) is 0 Å². The summed E-state index contributed by atoms with van der Waals surface area (Å²) in [4.78, 5) is 11.8. The third kappa shape index (κ3) is 2.87. The molecule has 0 saturated carbocycles. The van der Waals surface area contributed by atoms with Gasteiger partial charge in [-0.3, -0.25) is 0 Å². The van der Waals surface area contributed by atoms with E-state index in [1.54, 1.807) is 25.1 Å². The molecule has 0 radical (unpaired) electrons. The van der Waals surface area contributed by atoms with Gasteiger partial charge in [0, 0.05) is 4.88 Å². The fourth-order valence-electron chi connectivity index (χ4n) is 1.49. The molecule has 94 valence electrons. The van der Waals surface area contributed by atoms with E-state index in [0.29, 0.717) is 11.3 Å². The number of thiophene rings is 1. The average molecular weight is 266 g/mol. The Morgan fingerprint density at radius 1 is 1.39 bits per heavy atom. The van der Waals surface area contributed by atoms with Gasteiger partial charge >= 0.3 is 5.97 Å². The molecular weight excluding hydrogens is 255 g/mol. The second-order valence-corrected chi connectivity index (χ2v) is 4.94. The van der Waals surface area contributed by atoms with Crippen LogP contribution in [-0.4, -0.2) is 11.1 Å². The van der Waals surface area contributed by atoms with Crippen LogP contribution in [-0.2, 0) is 6.61 Å². The van der Waals surface area contributed by atoms with Crippen LogP contribution < -0.4 is 4.74 Å². The van der Waals surface area contributed by atoms with Crippen LogP contribution in [0.1, 0.15) is 20.1 Å². The number of aromatic carboxylic acids is 1. The Morgan fingerprint density at radius 3 is 2.78 bits per heavy atom. The molecule has 1 aromatic carbocycles. The molecule has 0 atom stereocenters. The highest BCUT2D eigenvalue weighted by Crippen LogP contribution is 2.22. The number of carboxylic acid groups (broad SMARTS) is 1. The minimum absolute atomic E-state index is 0.282. The summed E-state index contributed by atoms with van der Waals surface area (Å²) in [6.45, 7) is 2.04. The zero-order chi connectivity index (χ0) is 13.1. The summed E-state index contributed by atoms with van der Waals surface area (Å²) in [5.41, 5.74) is 0.713. The molecule has 2 rings (SSSR count). The molecule has 0 aliphatic heterocycles. The summed E-state index contributed by atoms with van der Waals surface area (Å²) >= 11 is 1.17. The smallest absolute Gasteiger partial charge is 0.345 e. The van der Waals surface area contributed by atoms with Crippen LogP contribution in [0, 0.1) is 12.7 Å². The van der Waals surface area contributed by atoms with E-state index in [1.807, 2.05) is 0 Å². The Hall–Kier alpha value is -1.88. The number of carbonyl (C=O) groups is 1. The van der Waals surface area contributed by atoms with E-state index < -0.39 is 5.97 Å². The lowest BCUT2D eigenvalue weighted by Crippen LogP contribution is -1.95. The molecule has 18 heavy (non-hydrogen) atoms. The van der Waals surface area contributed by atoms with Crippen molar-refractivity contribution in [2.45, 2.75) is 13.5 Å². The number of hydrogen-bond donors (Lipinski definition) is 1. The minimum Gasteiger partial charge on any atom is -0.488 e. The van der Waals surface area contributed by atoms with Gasteiger partial charge in [0.25, 0.3) is 0 Å². The zero-order valence-electron chi connectivity index (χ0n) is 9.64. The van der Waals surface area contributed by atoms with Crippen molar-refractivity contribution in [1.82, 2.24) is 0 Å². The summed E-state index contributed by atoms with van der Waals surface area (Å²) in [5, 5.41) is 8.79. The summed E-state index contributed by atoms with van der Waals surface area (Å²) in [7, 11) is 0. The number of hydrogen-bond acceptors (Lipinski definition) is 3. The molecule has 5 heteroatoms. The Labute approximate surface area is 107 Å². The van der Waals surface area contributed by atoms with Crippen molar-refractivity contribution in [3.63, 3.8) is 0 Å². The first-order valence-electron chi connectivity index (χ1n) is 5.27. The van der Waals surface area contributed by atoms with E-state index in [4.69, 9.17) is 9.84 Å². The van der Waals surface area contributed by atoms with Crippen LogP contribution in [0.15, 0.2) is 30.3 Å². The van der Waals surface area contributed by atoms with E-state index in [1.165, 1.54) is 23.5 Å². The van der Waals surface area contributed by atoms with Crippen molar-refractivity contribution in [2.75, 3.05) is 0 Å². The molecule has 0 aliphatic rings. The number of halogens is 1. The number of rotatable bonds is 4. The fourth-order valence-corrected chi connectivity index (χ4v) is 2.25. The van der Waals surface area contributed by atoms with Crippen molar-refractivity contribution in [3.05, 3.63) is 51.5 Å². The van der Waals surface area contributed by atoms with E-state index in [2.05, 4.69) is 0 Å². The second-order valence-electron chi connectivity index (χ2n) is 3.77. The first-order valence-corrected chi connectivity index (χ1v) is 6.09. The van der Waals surface area contributed by atoms with E-state index >= 15 is 0 Å². The Morgan fingerprint density at radius 2 is 2.17 bits per heavy atom. The van der Waals surface area contributed by atoms with Crippen molar-refractivity contribution in [2.24, 2.45) is 0 Å². The highest BCUT2D eigenvalue weighted by Gasteiger charge is 2.08. The van der Waals surface area contributed by atoms with Crippen molar-refractivity contribution < 1.29 is 19.0 Å². The van der Waals surface area contributed by atoms with Gasteiger partial charge in [-0.15, -0.1) is 11.3 Å². The van der Waals surface area contributed by atoms with Crippen LogP contribution >= 0.6 is 11.3 Å². The van der Waals surface area contributed by atoms with Crippen molar-refractivity contribution >= 4 is 17.3 Å². The molecule has 1 aromatic heterocycles. The maximum Gasteiger partial charge on any atom is 0.345 e. The third-order valence-electron chi connectivity index (χ3n) is 2.38. The summed E-state index contributed by atoms with van der Waals surface area (Å²) in [6, 6.07) is 7.55. The number of benzene rings is 1. The highest BCUT2D eigenvalue weighted by molar-refractivity contribution is 7.13. The Balaban J connectivity index is 2.04. The van der Waals surface area contributed by atoms with Gasteiger partial charge in [0.1, 0.15) is 23.1 Å². The quantitative estimate of drug-likeness (QED) is 0.921. The monoisotopic (exact) mass is 266 g/mol. The second kappa shape index (κ2) is 5.18. The molecule has 0 unspecified atom stereocenters. The number of ether oxygens (including phenoxy) is 1. The molecule has 3 nitrogen and oxygen atoms in total. The predicted molar refractivity (Wildman–Crippen MR) is 66.7 cm³/mol. The summed E-state index contributed by atoms with van der Waals surface area (Å²) in [5.74, 6) is -0.643. The van der Waals surface area contributed by atoms with Crippen molar-refractivity contribution in [1.29, 1.82) is 0 Å². The van der Waals surface area contributed by atoms with Gasteiger partial charge in [0.15, 0.2) is 0 Å². The third-order valence-corrected chi connectivity index (χ3v) is 3.43. The lowest BCUT2D eigenvalue weighted by molar-refractivity contribution is 0.0702. The first kappa shape index (κ1) is 12.6. The van der Waals surface area contributed by atoms with Gasteiger partial charge in [-0.2, -0.15) is 0 Å². The van der Waals surface area contributed by atoms with Gasteiger partial charge in [0.05, 0.1) is 0 Å². The van der Waals surface area contributed by atoms with E-state index in [-0.39, 0.29) is 17.3 Å². The van der Waals surface area contributed by atoms with Crippen LogP contribution in [0.5, 0.6) is 5.75 Å².